The van der Waals surface area contributed by atoms with Gasteiger partial charge in [0.25, 0.3) is 5.91 Å². The second kappa shape index (κ2) is 11.0. The molecule has 0 aromatic heterocycles. The van der Waals surface area contributed by atoms with Crippen LogP contribution in [0.2, 0.25) is 0 Å². The minimum absolute atomic E-state index is 0.0535. The van der Waals surface area contributed by atoms with E-state index in [1.807, 2.05) is 24.3 Å². The van der Waals surface area contributed by atoms with Crippen molar-refractivity contribution in [3.8, 4) is 0 Å². The van der Waals surface area contributed by atoms with Gasteiger partial charge in [-0.05, 0) is 25.0 Å². The lowest BCUT2D eigenvalue weighted by atomic mass is 10.2. The van der Waals surface area contributed by atoms with E-state index >= 15 is 0 Å². The molecule has 1 aliphatic heterocycles. The molecule has 2 rings (SSSR count). The van der Waals surface area contributed by atoms with Crippen molar-refractivity contribution in [2.45, 2.75) is 56.1 Å². The molecule has 0 bridgehead atoms. The van der Waals surface area contributed by atoms with E-state index in [0.717, 1.165) is 36.3 Å². The largest absolute Gasteiger partial charge is 0.456 e. The minimum Gasteiger partial charge on any atom is -0.456 e. The molecular formula is C20H28N2O4S. The van der Waals surface area contributed by atoms with E-state index in [1.54, 1.807) is 4.90 Å². The van der Waals surface area contributed by atoms with Crippen molar-refractivity contribution in [1.82, 2.24) is 4.90 Å². The van der Waals surface area contributed by atoms with Crippen molar-refractivity contribution in [3.63, 3.8) is 0 Å². The molecule has 0 saturated carbocycles. The molecule has 7 heteroatoms. The van der Waals surface area contributed by atoms with Crippen LogP contribution in [0.1, 0.15) is 46.0 Å². The smallest absolute Gasteiger partial charge is 0.307 e. The summed E-state index contributed by atoms with van der Waals surface area (Å²) in [5, 5.41) is 2.26. The molecule has 0 radical (unpaired) electrons. The summed E-state index contributed by atoms with van der Waals surface area (Å²) < 4.78 is 5.16. The molecule has 1 atom stereocenters. The van der Waals surface area contributed by atoms with Gasteiger partial charge in [-0.15, -0.1) is 11.8 Å². The number of esters is 1. The maximum atomic E-state index is 12.3. The highest BCUT2D eigenvalue weighted by Gasteiger charge is 2.29. The summed E-state index contributed by atoms with van der Waals surface area (Å²) in [5.41, 5.74) is 0.759. The number of fused-ring (bicyclic) bond motifs is 1. The number of carbonyl (C=O) groups is 3. The highest BCUT2D eigenvalue weighted by atomic mass is 32.2. The number of para-hydroxylation sites is 1. The van der Waals surface area contributed by atoms with Crippen LogP contribution in [0.4, 0.5) is 5.69 Å². The molecule has 1 heterocycles. The van der Waals surface area contributed by atoms with Crippen molar-refractivity contribution in [1.29, 1.82) is 0 Å². The fourth-order valence-electron chi connectivity index (χ4n) is 2.73. The number of benzene rings is 1. The van der Waals surface area contributed by atoms with E-state index < -0.39 is 11.2 Å². The molecule has 27 heavy (non-hydrogen) atoms. The third-order valence-corrected chi connectivity index (χ3v) is 5.61. The number of thioether (sulfide) groups is 1. The Hall–Kier alpha value is -2.02. The molecule has 6 nitrogen and oxygen atoms in total. The molecule has 1 N–H and O–H groups in total. The van der Waals surface area contributed by atoms with Crippen molar-refractivity contribution in [2.75, 3.05) is 25.0 Å². The quantitative estimate of drug-likeness (QED) is 0.617. The first-order chi connectivity index (χ1) is 13.0. The summed E-state index contributed by atoms with van der Waals surface area (Å²) in [4.78, 5) is 39.3. The second-order valence-electron chi connectivity index (χ2n) is 6.54. The SMILES string of the molecule is CCCCN(CCCC)C(=O)COC(=O)C[C@@H]1Sc2ccccc2NC1=O. The molecule has 0 aliphatic carbocycles. The fraction of sp³-hybridized carbons (Fsp3) is 0.550. The number of ether oxygens (including phenoxy) is 1. The molecule has 0 spiro atoms. The minimum atomic E-state index is -0.543. The highest BCUT2D eigenvalue weighted by molar-refractivity contribution is 8.01. The van der Waals surface area contributed by atoms with Gasteiger partial charge in [-0.2, -0.15) is 0 Å². The Morgan fingerprint density at radius 1 is 1.15 bits per heavy atom. The molecule has 0 unspecified atom stereocenters. The van der Waals surface area contributed by atoms with E-state index in [1.165, 1.54) is 11.8 Å². The van der Waals surface area contributed by atoms with Crippen molar-refractivity contribution < 1.29 is 19.1 Å². The third-order valence-electron chi connectivity index (χ3n) is 4.33. The highest BCUT2D eigenvalue weighted by Crippen LogP contribution is 2.36. The Balaban J connectivity index is 1.82. The van der Waals surface area contributed by atoms with Crippen LogP contribution in [0.25, 0.3) is 0 Å². The summed E-state index contributed by atoms with van der Waals surface area (Å²) in [6.45, 7) is 5.26. The lowest BCUT2D eigenvalue weighted by Crippen LogP contribution is -2.37. The van der Waals surface area contributed by atoms with Gasteiger partial charge in [-0.25, -0.2) is 0 Å². The second-order valence-corrected chi connectivity index (χ2v) is 7.79. The Labute approximate surface area is 165 Å². The molecule has 1 aromatic carbocycles. The summed E-state index contributed by atoms with van der Waals surface area (Å²) in [6, 6.07) is 7.47. The number of rotatable bonds is 10. The van der Waals surface area contributed by atoms with Gasteiger partial charge >= 0.3 is 5.97 Å². The van der Waals surface area contributed by atoms with Crippen LogP contribution >= 0.6 is 11.8 Å². The van der Waals surface area contributed by atoms with Crippen LogP contribution in [0.3, 0.4) is 0 Å². The number of anilines is 1. The number of nitrogens with zero attached hydrogens (tertiary/aromatic N) is 1. The van der Waals surface area contributed by atoms with Crippen molar-refractivity contribution in [2.24, 2.45) is 0 Å². The first-order valence-electron chi connectivity index (χ1n) is 9.55. The van der Waals surface area contributed by atoms with Gasteiger partial charge in [-0.3, -0.25) is 14.4 Å². The molecule has 1 aliphatic rings. The zero-order chi connectivity index (χ0) is 19.6. The lowest BCUT2D eigenvalue weighted by Gasteiger charge is -2.24. The monoisotopic (exact) mass is 392 g/mol. The predicted octanol–water partition coefficient (Wildman–Crippen LogP) is 3.46. The van der Waals surface area contributed by atoms with Crippen LogP contribution in [0, 0.1) is 0 Å². The Bertz CT molecular complexity index is 657. The zero-order valence-electron chi connectivity index (χ0n) is 16.0. The first-order valence-corrected chi connectivity index (χ1v) is 10.4. The third kappa shape index (κ3) is 6.57. The van der Waals surface area contributed by atoms with Crippen LogP contribution in [-0.2, 0) is 19.1 Å². The summed E-state index contributed by atoms with van der Waals surface area (Å²) in [6.07, 6.45) is 3.82. The topological polar surface area (TPSA) is 75.7 Å². The van der Waals surface area contributed by atoms with Crippen molar-refractivity contribution >= 4 is 35.2 Å². The first kappa shape index (κ1) is 21.3. The van der Waals surface area contributed by atoms with E-state index in [-0.39, 0.29) is 24.8 Å². The van der Waals surface area contributed by atoms with E-state index in [0.29, 0.717) is 13.1 Å². The number of hydrogen-bond acceptors (Lipinski definition) is 5. The van der Waals surface area contributed by atoms with Gasteiger partial charge in [0, 0.05) is 18.0 Å². The average molecular weight is 393 g/mol. The van der Waals surface area contributed by atoms with Crippen LogP contribution in [0.5, 0.6) is 0 Å². The van der Waals surface area contributed by atoms with Gasteiger partial charge in [0.05, 0.1) is 17.4 Å². The predicted molar refractivity (Wildman–Crippen MR) is 107 cm³/mol. The molecule has 0 fully saturated rings. The molecule has 0 saturated heterocycles. The van der Waals surface area contributed by atoms with Gasteiger partial charge in [-0.1, -0.05) is 38.8 Å². The summed E-state index contributed by atoms with van der Waals surface area (Å²) in [7, 11) is 0. The van der Waals surface area contributed by atoms with Gasteiger partial charge < -0.3 is 15.0 Å². The number of amides is 2. The maximum Gasteiger partial charge on any atom is 0.307 e. The van der Waals surface area contributed by atoms with Crippen LogP contribution in [0.15, 0.2) is 29.2 Å². The zero-order valence-corrected chi connectivity index (χ0v) is 16.8. The number of hydrogen-bond donors (Lipinski definition) is 1. The van der Waals surface area contributed by atoms with Gasteiger partial charge in [0.2, 0.25) is 5.91 Å². The van der Waals surface area contributed by atoms with Gasteiger partial charge in [0.15, 0.2) is 6.61 Å². The normalized spacial score (nSPS) is 15.6. The van der Waals surface area contributed by atoms with Crippen LogP contribution < -0.4 is 5.32 Å². The maximum absolute atomic E-state index is 12.3. The summed E-state index contributed by atoms with van der Waals surface area (Å²) >= 11 is 1.35. The van der Waals surface area contributed by atoms with E-state index in [9.17, 15) is 14.4 Å². The number of carbonyl (C=O) groups excluding carboxylic acids is 3. The number of nitrogens with one attached hydrogen (secondary N) is 1. The Morgan fingerprint density at radius 3 is 2.48 bits per heavy atom. The molecular weight excluding hydrogens is 364 g/mol. The molecule has 148 valence electrons. The molecule has 1 aromatic rings. The Kier molecular flexibility index (Phi) is 8.64. The lowest BCUT2D eigenvalue weighted by molar-refractivity contribution is -0.152. The Morgan fingerprint density at radius 2 is 1.81 bits per heavy atom. The standard InChI is InChI=1S/C20H28N2O4S/c1-3-5-11-22(12-6-4-2)18(23)14-26-19(24)13-17-20(25)21-15-9-7-8-10-16(15)27-17/h7-10,17H,3-6,11-14H2,1-2H3,(H,21,25)/t17-/m0/s1. The van der Waals surface area contributed by atoms with Crippen LogP contribution in [-0.4, -0.2) is 47.6 Å². The average Bonchev–Trinajstić information content (AvgIpc) is 2.67. The van der Waals surface area contributed by atoms with Gasteiger partial charge in [0.1, 0.15) is 0 Å². The fourth-order valence-corrected chi connectivity index (χ4v) is 3.83. The van der Waals surface area contributed by atoms with E-state index in [2.05, 4.69) is 19.2 Å². The van der Waals surface area contributed by atoms with E-state index in [4.69, 9.17) is 4.74 Å². The summed E-state index contributed by atoms with van der Waals surface area (Å²) in [5.74, 6) is -0.910. The number of unbranched alkanes of at least 4 members (excludes halogenated alkanes) is 2. The molecule has 2 amide bonds. The van der Waals surface area contributed by atoms with Crippen molar-refractivity contribution in [3.05, 3.63) is 24.3 Å².